The van der Waals surface area contributed by atoms with Crippen LogP contribution >= 0.6 is 11.6 Å². The average molecular weight is 382 g/mol. The van der Waals surface area contributed by atoms with Crippen molar-refractivity contribution < 1.29 is 23.6 Å². The zero-order chi connectivity index (χ0) is 18.8. The highest BCUT2D eigenvalue weighted by Gasteiger charge is 2.18. The number of rotatable bonds is 10. The van der Waals surface area contributed by atoms with Crippen LogP contribution in [0.15, 0.2) is 41.1 Å². The van der Waals surface area contributed by atoms with Gasteiger partial charge in [0.05, 0.1) is 0 Å². The zero-order valence-corrected chi connectivity index (χ0v) is 15.1. The van der Waals surface area contributed by atoms with E-state index in [9.17, 15) is 9.59 Å². The number of methoxy groups -OCH3 is 1. The van der Waals surface area contributed by atoms with Crippen LogP contribution in [-0.4, -0.2) is 55.3 Å². The summed E-state index contributed by atoms with van der Waals surface area (Å²) in [5, 5.41) is 6.73. The Morgan fingerprint density at radius 3 is 2.69 bits per heavy atom. The van der Waals surface area contributed by atoms with E-state index in [1.54, 1.807) is 31.4 Å². The Bertz CT molecular complexity index is 691. The molecule has 0 aliphatic carbocycles. The lowest BCUT2D eigenvalue weighted by atomic mass is 10.3. The Labute approximate surface area is 156 Å². The number of ether oxygens (including phenoxy) is 2. The molecule has 2 amide bonds. The van der Waals surface area contributed by atoms with Gasteiger partial charge in [0.25, 0.3) is 5.91 Å². The number of hydrogen-bond acceptors (Lipinski definition) is 6. The normalized spacial score (nSPS) is 10.4. The van der Waals surface area contributed by atoms with Gasteiger partial charge in [-0.2, -0.15) is 0 Å². The quantitative estimate of drug-likeness (QED) is 0.634. The predicted octanol–water partition coefficient (Wildman–Crippen LogP) is 2.21. The van der Waals surface area contributed by atoms with Crippen molar-refractivity contribution in [3.8, 4) is 5.75 Å². The fraction of sp³-hybridized carbons (Fsp3) is 0.353. The van der Waals surface area contributed by atoms with Gasteiger partial charge < -0.3 is 24.2 Å². The summed E-state index contributed by atoms with van der Waals surface area (Å²) in [4.78, 5) is 25.9. The van der Waals surface area contributed by atoms with Crippen LogP contribution in [-0.2, 0) is 14.3 Å². The molecule has 0 fully saturated rings. The molecule has 0 saturated carbocycles. The Hall–Kier alpha value is -2.58. The van der Waals surface area contributed by atoms with Crippen molar-refractivity contribution in [1.29, 1.82) is 0 Å². The van der Waals surface area contributed by atoms with Gasteiger partial charge >= 0.3 is 0 Å². The highest BCUT2D eigenvalue weighted by molar-refractivity contribution is 6.30. The third kappa shape index (κ3) is 6.73. The molecule has 0 radical (unpaired) electrons. The lowest BCUT2D eigenvalue weighted by molar-refractivity contribution is -0.136. The van der Waals surface area contributed by atoms with Crippen LogP contribution in [0.1, 0.15) is 6.42 Å². The van der Waals surface area contributed by atoms with Gasteiger partial charge in [0.1, 0.15) is 18.6 Å². The molecule has 1 aromatic heterocycles. The number of carbonyl (C=O) groups excluding carboxylic acids is 2. The molecule has 1 aromatic carbocycles. The largest absolute Gasteiger partial charge is 0.484 e. The Balaban J connectivity index is 1.89. The molecular weight excluding hydrogens is 362 g/mol. The van der Waals surface area contributed by atoms with E-state index in [-0.39, 0.29) is 30.8 Å². The number of nitrogens with zero attached hydrogens (tertiary/aromatic N) is 2. The average Bonchev–Trinajstić information content (AvgIpc) is 3.13. The van der Waals surface area contributed by atoms with Crippen molar-refractivity contribution >= 4 is 29.2 Å². The third-order valence-corrected chi connectivity index (χ3v) is 3.60. The second-order valence-corrected chi connectivity index (χ2v) is 5.77. The van der Waals surface area contributed by atoms with Gasteiger partial charge in [0, 0.05) is 31.4 Å². The highest BCUT2D eigenvalue weighted by Crippen LogP contribution is 2.15. The van der Waals surface area contributed by atoms with E-state index in [0.29, 0.717) is 30.3 Å². The molecule has 0 saturated heterocycles. The van der Waals surface area contributed by atoms with Gasteiger partial charge in [-0.05, 0) is 30.7 Å². The molecule has 0 unspecified atom stereocenters. The molecule has 0 bridgehead atoms. The van der Waals surface area contributed by atoms with E-state index in [1.807, 2.05) is 0 Å². The maximum atomic E-state index is 12.4. The number of nitrogens with one attached hydrogen (secondary N) is 1. The number of aromatic nitrogens is 1. The number of amides is 2. The molecule has 0 aliphatic heterocycles. The molecule has 0 aliphatic rings. The first kappa shape index (κ1) is 19.7. The summed E-state index contributed by atoms with van der Waals surface area (Å²) in [6.07, 6.45) is 1.94. The summed E-state index contributed by atoms with van der Waals surface area (Å²) in [7, 11) is 1.58. The van der Waals surface area contributed by atoms with E-state index < -0.39 is 0 Å². The molecule has 8 nitrogen and oxygen atoms in total. The van der Waals surface area contributed by atoms with Crippen LogP contribution < -0.4 is 10.1 Å². The fourth-order valence-electron chi connectivity index (χ4n) is 2.09. The first-order valence-corrected chi connectivity index (χ1v) is 8.31. The number of halogens is 1. The van der Waals surface area contributed by atoms with Crippen LogP contribution in [0.5, 0.6) is 5.75 Å². The Morgan fingerprint density at radius 1 is 1.27 bits per heavy atom. The molecular formula is C17H20ClN3O5. The number of carbonyl (C=O) groups is 2. The summed E-state index contributed by atoms with van der Waals surface area (Å²) < 4.78 is 15.1. The molecule has 140 valence electrons. The van der Waals surface area contributed by atoms with Crippen molar-refractivity contribution in [2.45, 2.75) is 6.42 Å². The van der Waals surface area contributed by atoms with Crippen LogP contribution in [0.25, 0.3) is 0 Å². The lowest BCUT2D eigenvalue weighted by Crippen LogP contribution is -2.41. The predicted molar refractivity (Wildman–Crippen MR) is 95.2 cm³/mol. The Kier molecular flexibility index (Phi) is 7.91. The van der Waals surface area contributed by atoms with E-state index in [0.717, 1.165) is 0 Å². The smallest absolute Gasteiger partial charge is 0.260 e. The van der Waals surface area contributed by atoms with Crippen LogP contribution in [0.4, 0.5) is 5.82 Å². The molecule has 0 spiro atoms. The molecule has 1 N–H and O–H groups in total. The molecule has 26 heavy (non-hydrogen) atoms. The van der Waals surface area contributed by atoms with E-state index in [2.05, 4.69) is 15.0 Å². The second-order valence-electron chi connectivity index (χ2n) is 5.34. The Morgan fingerprint density at radius 2 is 2.04 bits per heavy atom. The van der Waals surface area contributed by atoms with Gasteiger partial charge in [0.15, 0.2) is 12.4 Å². The number of hydrogen-bond donors (Lipinski definition) is 1. The molecule has 9 heteroatoms. The summed E-state index contributed by atoms with van der Waals surface area (Å²) >= 11 is 5.81. The van der Waals surface area contributed by atoms with E-state index >= 15 is 0 Å². The molecule has 2 rings (SSSR count). The monoisotopic (exact) mass is 381 g/mol. The van der Waals surface area contributed by atoms with E-state index in [4.69, 9.17) is 21.1 Å². The minimum Gasteiger partial charge on any atom is -0.484 e. The van der Waals surface area contributed by atoms with Gasteiger partial charge in [0.2, 0.25) is 5.91 Å². The van der Waals surface area contributed by atoms with Crippen LogP contribution in [0.2, 0.25) is 5.02 Å². The summed E-state index contributed by atoms with van der Waals surface area (Å²) in [6, 6.07) is 8.19. The maximum absolute atomic E-state index is 12.4. The summed E-state index contributed by atoms with van der Waals surface area (Å²) in [5.74, 6) is 0.117. The first-order valence-electron chi connectivity index (χ1n) is 7.94. The first-order chi connectivity index (χ1) is 12.6. The molecule has 2 aromatic rings. The van der Waals surface area contributed by atoms with Crippen molar-refractivity contribution in [1.82, 2.24) is 10.1 Å². The third-order valence-electron chi connectivity index (χ3n) is 3.34. The molecule has 0 atom stereocenters. The van der Waals surface area contributed by atoms with Crippen molar-refractivity contribution in [2.75, 3.05) is 38.7 Å². The van der Waals surface area contributed by atoms with Crippen LogP contribution in [0.3, 0.4) is 0 Å². The van der Waals surface area contributed by atoms with Gasteiger partial charge in [-0.3, -0.25) is 9.59 Å². The zero-order valence-electron chi connectivity index (χ0n) is 14.3. The summed E-state index contributed by atoms with van der Waals surface area (Å²) in [6.45, 7) is 0.529. The van der Waals surface area contributed by atoms with E-state index in [1.165, 1.54) is 17.2 Å². The second kappa shape index (κ2) is 10.4. The van der Waals surface area contributed by atoms with Crippen molar-refractivity contribution in [2.24, 2.45) is 0 Å². The van der Waals surface area contributed by atoms with Crippen LogP contribution in [0, 0.1) is 0 Å². The number of anilines is 1. The van der Waals surface area contributed by atoms with Gasteiger partial charge in [-0.1, -0.05) is 16.8 Å². The maximum Gasteiger partial charge on any atom is 0.260 e. The standard InChI is InChI=1S/C17H20ClN3O5/c1-24-9-2-8-21(11-16(22)19-15-7-10-26-20-15)17(23)12-25-14-5-3-13(18)4-6-14/h3-7,10H,2,8-9,11-12H2,1H3,(H,19,20,22). The topological polar surface area (TPSA) is 93.9 Å². The highest BCUT2D eigenvalue weighted by atomic mass is 35.5. The fourth-order valence-corrected chi connectivity index (χ4v) is 2.22. The van der Waals surface area contributed by atoms with Gasteiger partial charge in [-0.25, -0.2) is 0 Å². The molecule has 1 heterocycles. The SMILES string of the molecule is COCCCN(CC(=O)Nc1ccon1)C(=O)COc1ccc(Cl)cc1. The van der Waals surface area contributed by atoms with Crippen molar-refractivity contribution in [3.63, 3.8) is 0 Å². The lowest BCUT2D eigenvalue weighted by Gasteiger charge is -2.22. The number of benzene rings is 1. The summed E-state index contributed by atoms with van der Waals surface area (Å²) in [5.41, 5.74) is 0. The van der Waals surface area contributed by atoms with Crippen molar-refractivity contribution in [3.05, 3.63) is 41.6 Å². The van der Waals surface area contributed by atoms with Gasteiger partial charge in [-0.15, -0.1) is 0 Å². The minimum absolute atomic E-state index is 0.126. The minimum atomic E-state index is -0.379.